The summed E-state index contributed by atoms with van der Waals surface area (Å²) in [5.74, 6) is -0.104. The van der Waals surface area contributed by atoms with Gasteiger partial charge in [-0.1, -0.05) is 53.5 Å². The average Bonchev–Trinajstić information content (AvgIpc) is 2.66. The number of benzene rings is 2. The lowest BCUT2D eigenvalue weighted by Crippen LogP contribution is -2.51. The molecule has 27 heavy (non-hydrogen) atoms. The van der Waals surface area contributed by atoms with Crippen LogP contribution >= 0.6 is 23.2 Å². The van der Waals surface area contributed by atoms with E-state index in [2.05, 4.69) is 10.2 Å². The van der Waals surface area contributed by atoms with Gasteiger partial charge in [0.05, 0.1) is 6.54 Å². The van der Waals surface area contributed by atoms with Gasteiger partial charge in [-0.3, -0.25) is 14.5 Å². The van der Waals surface area contributed by atoms with Gasteiger partial charge in [0.25, 0.3) is 5.91 Å². The van der Waals surface area contributed by atoms with E-state index in [1.165, 1.54) is 0 Å². The lowest BCUT2D eigenvalue weighted by atomic mass is 10.2. The Kier molecular flexibility index (Phi) is 6.72. The molecular formula is C20H21Cl2N3O2. The van der Waals surface area contributed by atoms with Crippen LogP contribution in [0.15, 0.2) is 48.5 Å². The summed E-state index contributed by atoms with van der Waals surface area (Å²) in [5, 5.41) is 3.82. The van der Waals surface area contributed by atoms with Gasteiger partial charge >= 0.3 is 0 Å². The van der Waals surface area contributed by atoms with Crippen molar-refractivity contribution in [3.8, 4) is 0 Å². The predicted molar refractivity (Wildman–Crippen MR) is 107 cm³/mol. The molecule has 0 aromatic heterocycles. The molecule has 0 atom stereocenters. The van der Waals surface area contributed by atoms with Gasteiger partial charge < -0.3 is 10.2 Å². The molecule has 7 heteroatoms. The molecule has 1 N–H and O–H groups in total. The van der Waals surface area contributed by atoms with E-state index in [-0.39, 0.29) is 11.8 Å². The van der Waals surface area contributed by atoms with Crippen LogP contribution in [0.3, 0.4) is 0 Å². The number of carbonyl (C=O) groups is 2. The zero-order valence-electron chi connectivity index (χ0n) is 14.8. The largest absolute Gasteiger partial charge is 0.351 e. The quantitative estimate of drug-likeness (QED) is 0.831. The molecule has 0 spiro atoms. The number of halogens is 2. The van der Waals surface area contributed by atoms with Crippen molar-refractivity contribution in [2.45, 2.75) is 6.54 Å². The van der Waals surface area contributed by atoms with Crippen molar-refractivity contribution < 1.29 is 9.59 Å². The lowest BCUT2D eigenvalue weighted by molar-refractivity contribution is -0.122. The van der Waals surface area contributed by atoms with Gasteiger partial charge in [-0.05, 0) is 23.8 Å². The van der Waals surface area contributed by atoms with Crippen molar-refractivity contribution >= 4 is 35.0 Å². The fourth-order valence-corrected chi connectivity index (χ4v) is 3.55. The summed E-state index contributed by atoms with van der Waals surface area (Å²) in [6.07, 6.45) is 0. The standard InChI is InChI=1S/C20H21Cl2N3O2/c21-17-10-16(11-18(22)12-17)20(27)25-8-6-24(7-9-25)14-19(26)23-13-15-4-2-1-3-5-15/h1-5,10-12H,6-9,13-14H2,(H,23,26). The first kappa shape index (κ1) is 19.7. The predicted octanol–water partition coefficient (Wildman–Crippen LogP) is 3.07. The Labute approximate surface area is 168 Å². The molecule has 2 amide bonds. The Hall–Kier alpha value is -2.08. The highest BCUT2D eigenvalue weighted by Crippen LogP contribution is 2.20. The van der Waals surface area contributed by atoms with Crippen LogP contribution in [0.1, 0.15) is 15.9 Å². The molecule has 0 aliphatic carbocycles. The average molecular weight is 406 g/mol. The zero-order valence-corrected chi connectivity index (χ0v) is 16.3. The van der Waals surface area contributed by atoms with E-state index in [0.29, 0.717) is 54.9 Å². The maximum absolute atomic E-state index is 12.6. The van der Waals surface area contributed by atoms with E-state index in [4.69, 9.17) is 23.2 Å². The third-order valence-electron chi connectivity index (χ3n) is 4.47. The smallest absolute Gasteiger partial charge is 0.254 e. The summed E-state index contributed by atoms with van der Waals surface area (Å²) in [6, 6.07) is 14.7. The number of carbonyl (C=O) groups excluding carboxylic acids is 2. The fraction of sp³-hybridized carbons (Fsp3) is 0.300. The minimum atomic E-state index is -0.0902. The van der Waals surface area contributed by atoms with E-state index in [0.717, 1.165) is 5.56 Å². The molecule has 1 saturated heterocycles. The van der Waals surface area contributed by atoms with Crippen molar-refractivity contribution in [1.82, 2.24) is 15.1 Å². The van der Waals surface area contributed by atoms with Crippen molar-refractivity contribution in [3.63, 3.8) is 0 Å². The summed E-state index contributed by atoms with van der Waals surface area (Å²) < 4.78 is 0. The van der Waals surface area contributed by atoms with Gasteiger partial charge in [0.15, 0.2) is 0 Å². The van der Waals surface area contributed by atoms with Gasteiger partial charge in [-0.2, -0.15) is 0 Å². The second kappa shape index (κ2) is 9.22. The van der Waals surface area contributed by atoms with Crippen molar-refractivity contribution in [1.29, 1.82) is 0 Å². The first-order valence-corrected chi connectivity index (χ1v) is 9.55. The van der Waals surface area contributed by atoms with E-state index in [1.54, 1.807) is 23.1 Å². The summed E-state index contributed by atoms with van der Waals surface area (Å²) in [5.41, 5.74) is 1.56. The number of hydrogen-bond acceptors (Lipinski definition) is 3. The molecule has 1 aliphatic rings. The summed E-state index contributed by atoms with van der Waals surface area (Å²) in [4.78, 5) is 28.6. The van der Waals surface area contributed by atoms with E-state index < -0.39 is 0 Å². The van der Waals surface area contributed by atoms with Gasteiger partial charge in [0.2, 0.25) is 5.91 Å². The summed E-state index contributed by atoms with van der Waals surface area (Å²) in [6.45, 7) is 3.28. The van der Waals surface area contributed by atoms with Gasteiger partial charge in [0.1, 0.15) is 0 Å². The Morgan fingerprint density at radius 2 is 1.56 bits per heavy atom. The first-order chi connectivity index (χ1) is 13.0. The Balaban J connectivity index is 1.45. The van der Waals surface area contributed by atoms with Crippen LogP contribution in [0.5, 0.6) is 0 Å². The van der Waals surface area contributed by atoms with Crippen LogP contribution in [-0.4, -0.2) is 54.3 Å². The van der Waals surface area contributed by atoms with Crippen LogP contribution in [0.2, 0.25) is 10.0 Å². The third kappa shape index (κ3) is 5.70. The molecule has 1 fully saturated rings. The third-order valence-corrected chi connectivity index (χ3v) is 4.91. The monoisotopic (exact) mass is 405 g/mol. The van der Waals surface area contributed by atoms with E-state index in [1.807, 2.05) is 30.3 Å². The molecule has 0 unspecified atom stereocenters. The number of nitrogens with zero attached hydrogens (tertiary/aromatic N) is 2. The number of hydrogen-bond donors (Lipinski definition) is 1. The maximum Gasteiger partial charge on any atom is 0.254 e. The molecule has 1 heterocycles. The van der Waals surface area contributed by atoms with Gasteiger partial charge in [-0.15, -0.1) is 0 Å². The molecule has 1 aliphatic heterocycles. The SMILES string of the molecule is O=C(CN1CCN(C(=O)c2cc(Cl)cc(Cl)c2)CC1)NCc1ccccc1. The first-order valence-electron chi connectivity index (χ1n) is 8.79. The lowest BCUT2D eigenvalue weighted by Gasteiger charge is -2.34. The molecular weight excluding hydrogens is 385 g/mol. The maximum atomic E-state index is 12.6. The van der Waals surface area contributed by atoms with Crippen LogP contribution in [0.25, 0.3) is 0 Å². The Morgan fingerprint density at radius 3 is 2.19 bits per heavy atom. The number of rotatable bonds is 5. The van der Waals surface area contributed by atoms with Crippen molar-refractivity contribution in [2.75, 3.05) is 32.7 Å². The number of nitrogens with one attached hydrogen (secondary N) is 1. The van der Waals surface area contributed by atoms with Crippen molar-refractivity contribution in [2.24, 2.45) is 0 Å². The van der Waals surface area contributed by atoms with Crippen LogP contribution in [-0.2, 0) is 11.3 Å². The van der Waals surface area contributed by atoms with Crippen LogP contribution in [0.4, 0.5) is 0 Å². The second-order valence-electron chi connectivity index (χ2n) is 6.49. The van der Waals surface area contributed by atoms with Gasteiger partial charge in [0, 0.05) is 48.3 Å². The van der Waals surface area contributed by atoms with Crippen molar-refractivity contribution in [3.05, 3.63) is 69.7 Å². The Morgan fingerprint density at radius 1 is 0.926 bits per heavy atom. The second-order valence-corrected chi connectivity index (χ2v) is 7.36. The topological polar surface area (TPSA) is 52.7 Å². The van der Waals surface area contributed by atoms with E-state index >= 15 is 0 Å². The molecule has 2 aromatic rings. The summed E-state index contributed by atoms with van der Waals surface area (Å²) >= 11 is 12.0. The minimum Gasteiger partial charge on any atom is -0.351 e. The van der Waals surface area contributed by atoms with Crippen LogP contribution in [0, 0.1) is 0 Å². The highest BCUT2D eigenvalue weighted by Gasteiger charge is 2.23. The van der Waals surface area contributed by atoms with Gasteiger partial charge in [-0.25, -0.2) is 0 Å². The Bertz CT molecular complexity index is 786. The molecule has 0 saturated carbocycles. The number of amides is 2. The summed E-state index contributed by atoms with van der Waals surface area (Å²) in [7, 11) is 0. The number of piperazine rings is 1. The normalized spacial score (nSPS) is 14.8. The molecule has 3 rings (SSSR count). The fourth-order valence-electron chi connectivity index (χ4n) is 3.02. The molecule has 2 aromatic carbocycles. The van der Waals surface area contributed by atoms with Crippen LogP contribution < -0.4 is 5.32 Å². The molecule has 0 radical (unpaired) electrons. The zero-order chi connectivity index (χ0) is 19.2. The molecule has 0 bridgehead atoms. The minimum absolute atomic E-state index is 0.0137. The molecule has 142 valence electrons. The highest BCUT2D eigenvalue weighted by molar-refractivity contribution is 6.35. The van der Waals surface area contributed by atoms with E-state index in [9.17, 15) is 9.59 Å². The molecule has 5 nitrogen and oxygen atoms in total. The highest BCUT2D eigenvalue weighted by atomic mass is 35.5.